The highest BCUT2D eigenvalue weighted by Gasteiger charge is 2.11. The van der Waals surface area contributed by atoms with E-state index in [4.69, 9.17) is 9.97 Å². The number of aromatic amines is 2. The summed E-state index contributed by atoms with van der Waals surface area (Å²) in [6.45, 7) is 6.27. The highest BCUT2D eigenvalue weighted by molar-refractivity contribution is 6.05. The van der Waals surface area contributed by atoms with E-state index < -0.39 is 0 Å². The molecule has 3 heterocycles. The topological polar surface area (TPSA) is 70.2 Å². The van der Waals surface area contributed by atoms with Crippen molar-refractivity contribution >= 4 is 32.7 Å². The van der Waals surface area contributed by atoms with Gasteiger partial charge in [-0.2, -0.15) is 0 Å². The van der Waals surface area contributed by atoms with Crippen LogP contribution in [0.2, 0.25) is 0 Å². The Hall–Kier alpha value is -3.99. The monoisotopic (exact) mass is 417 g/mol. The fraction of sp³-hybridized carbons (Fsp3) is 0.148. The first-order chi connectivity index (χ1) is 15.5. The molecule has 0 saturated heterocycles. The fourth-order valence-electron chi connectivity index (χ4n) is 4.29. The molecule has 5 nitrogen and oxygen atoms in total. The quantitative estimate of drug-likeness (QED) is 0.334. The normalized spacial score (nSPS) is 11.9. The fourth-order valence-corrected chi connectivity index (χ4v) is 4.29. The molecule has 6 rings (SSSR count). The largest absolute Gasteiger partial charge is 0.342 e. The van der Waals surface area contributed by atoms with Gasteiger partial charge in [-0.25, -0.2) is 9.97 Å². The molecule has 32 heavy (non-hydrogen) atoms. The number of H-pyrrole nitrogens is 2. The lowest BCUT2D eigenvalue weighted by Crippen LogP contribution is -1.88. The summed E-state index contributed by atoms with van der Waals surface area (Å²) < 4.78 is 0. The van der Waals surface area contributed by atoms with E-state index in [1.807, 2.05) is 19.3 Å². The van der Waals surface area contributed by atoms with Crippen molar-refractivity contribution in [1.29, 1.82) is 0 Å². The number of fused-ring (bicyclic) bond motifs is 4. The highest BCUT2D eigenvalue weighted by Crippen LogP contribution is 2.31. The van der Waals surface area contributed by atoms with Crippen molar-refractivity contribution in [2.45, 2.75) is 26.7 Å². The lowest BCUT2D eigenvalue weighted by molar-refractivity contribution is 0.799. The van der Waals surface area contributed by atoms with E-state index in [2.05, 4.69) is 83.4 Å². The van der Waals surface area contributed by atoms with E-state index in [1.165, 1.54) is 10.8 Å². The summed E-state index contributed by atoms with van der Waals surface area (Å²) >= 11 is 0. The van der Waals surface area contributed by atoms with Gasteiger partial charge >= 0.3 is 0 Å². The number of imidazole rings is 2. The third-order valence-electron chi connectivity index (χ3n) is 6.06. The predicted octanol–water partition coefficient (Wildman–Crippen LogP) is 6.75. The molecule has 0 radical (unpaired) electrons. The Morgan fingerprint density at radius 3 is 2.38 bits per heavy atom. The van der Waals surface area contributed by atoms with Crippen LogP contribution < -0.4 is 0 Å². The van der Waals surface area contributed by atoms with Crippen LogP contribution in [0.1, 0.15) is 31.4 Å². The minimum absolute atomic E-state index is 0.373. The number of hydrogen-bond donors (Lipinski definition) is 2. The van der Waals surface area contributed by atoms with Crippen LogP contribution in [0.15, 0.2) is 67.0 Å². The molecule has 0 atom stereocenters. The Bertz CT molecular complexity index is 1620. The van der Waals surface area contributed by atoms with Crippen molar-refractivity contribution in [2.24, 2.45) is 0 Å². The zero-order chi connectivity index (χ0) is 21.8. The summed E-state index contributed by atoms with van der Waals surface area (Å²) in [4.78, 5) is 20.6. The number of nitrogens with zero attached hydrogens (tertiary/aromatic N) is 3. The number of rotatable bonds is 3. The van der Waals surface area contributed by atoms with Crippen LogP contribution in [0.3, 0.4) is 0 Å². The Balaban J connectivity index is 1.41. The van der Waals surface area contributed by atoms with E-state index in [9.17, 15) is 0 Å². The zero-order valence-electron chi connectivity index (χ0n) is 18.3. The number of aryl methyl sites for hydroxylation is 1. The number of pyridine rings is 1. The van der Waals surface area contributed by atoms with E-state index in [0.29, 0.717) is 5.92 Å². The minimum Gasteiger partial charge on any atom is -0.342 e. The molecule has 0 aliphatic carbocycles. The molecule has 0 aliphatic rings. The number of aromatic nitrogens is 5. The van der Waals surface area contributed by atoms with Crippen LogP contribution in [0, 0.1) is 6.92 Å². The molecule has 0 amide bonds. The number of hydrogen-bond acceptors (Lipinski definition) is 3. The first-order valence-corrected chi connectivity index (χ1v) is 10.9. The minimum atomic E-state index is 0.373. The van der Waals surface area contributed by atoms with Gasteiger partial charge in [0.05, 0.1) is 28.4 Å². The molecule has 6 aromatic rings. The molecule has 0 bridgehead atoms. The SMILES string of the molecule is Cc1ncc(-c2ccc3cc(-c4ccc5c(ccc6[nH]c(C(C)C)nc65)c4)cnc3c2)[nH]1. The van der Waals surface area contributed by atoms with E-state index >= 15 is 0 Å². The molecule has 0 saturated carbocycles. The molecular formula is C27H23N5. The molecule has 156 valence electrons. The van der Waals surface area contributed by atoms with Gasteiger partial charge in [0.25, 0.3) is 0 Å². The molecule has 0 aliphatic heterocycles. The number of nitrogens with one attached hydrogen (secondary N) is 2. The van der Waals surface area contributed by atoms with Crippen LogP contribution in [0.4, 0.5) is 0 Å². The summed E-state index contributed by atoms with van der Waals surface area (Å²) in [5, 5.41) is 3.47. The van der Waals surface area contributed by atoms with Crippen LogP contribution in [0.5, 0.6) is 0 Å². The second kappa shape index (κ2) is 7.02. The van der Waals surface area contributed by atoms with Gasteiger partial charge in [0.1, 0.15) is 11.6 Å². The van der Waals surface area contributed by atoms with Gasteiger partial charge in [0, 0.05) is 34.0 Å². The lowest BCUT2D eigenvalue weighted by atomic mass is 10.00. The molecule has 0 unspecified atom stereocenters. The Morgan fingerprint density at radius 2 is 1.56 bits per heavy atom. The van der Waals surface area contributed by atoms with Crippen molar-refractivity contribution < 1.29 is 0 Å². The average molecular weight is 418 g/mol. The maximum atomic E-state index is 4.84. The summed E-state index contributed by atoms with van der Waals surface area (Å²) in [6, 6.07) is 19.4. The second-order valence-electron chi connectivity index (χ2n) is 8.69. The molecule has 0 spiro atoms. The standard InChI is InChI=1S/C27H23N5/c1-15(2)27-31-23-9-7-18-10-17(6-8-22(18)26(23)32-27)21-11-19-4-5-20(12-24(19)29-13-21)25-14-28-16(3)30-25/h4-15H,1-3H3,(H,28,30)(H,31,32). The van der Waals surface area contributed by atoms with Crippen molar-refractivity contribution in [1.82, 2.24) is 24.9 Å². The van der Waals surface area contributed by atoms with Gasteiger partial charge in [-0.05, 0) is 42.1 Å². The molecular weight excluding hydrogens is 394 g/mol. The molecule has 3 aromatic heterocycles. The average Bonchev–Trinajstić information content (AvgIpc) is 3.44. The van der Waals surface area contributed by atoms with Crippen LogP contribution in [0.25, 0.3) is 55.1 Å². The van der Waals surface area contributed by atoms with Gasteiger partial charge in [-0.1, -0.05) is 44.2 Å². The lowest BCUT2D eigenvalue weighted by Gasteiger charge is -2.07. The Kier molecular flexibility index (Phi) is 4.12. The predicted molar refractivity (Wildman–Crippen MR) is 131 cm³/mol. The maximum Gasteiger partial charge on any atom is 0.109 e. The van der Waals surface area contributed by atoms with Gasteiger partial charge in [0.15, 0.2) is 0 Å². The summed E-state index contributed by atoms with van der Waals surface area (Å²) in [7, 11) is 0. The molecule has 5 heteroatoms. The first-order valence-electron chi connectivity index (χ1n) is 10.9. The summed E-state index contributed by atoms with van der Waals surface area (Å²) in [6.07, 6.45) is 3.82. The third-order valence-corrected chi connectivity index (χ3v) is 6.06. The van der Waals surface area contributed by atoms with Gasteiger partial charge in [-0.15, -0.1) is 0 Å². The maximum absolute atomic E-state index is 4.84. The van der Waals surface area contributed by atoms with E-state index in [-0.39, 0.29) is 0 Å². The molecule has 0 fully saturated rings. The summed E-state index contributed by atoms with van der Waals surface area (Å²) in [5.41, 5.74) is 7.45. The van der Waals surface area contributed by atoms with Crippen LogP contribution in [-0.2, 0) is 0 Å². The zero-order valence-corrected chi connectivity index (χ0v) is 18.3. The van der Waals surface area contributed by atoms with Gasteiger partial charge < -0.3 is 9.97 Å². The highest BCUT2D eigenvalue weighted by atomic mass is 14.9. The smallest absolute Gasteiger partial charge is 0.109 e. The van der Waals surface area contributed by atoms with Crippen LogP contribution >= 0.6 is 0 Å². The Morgan fingerprint density at radius 1 is 0.750 bits per heavy atom. The van der Waals surface area contributed by atoms with Gasteiger partial charge in [-0.3, -0.25) is 4.98 Å². The van der Waals surface area contributed by atoms with Crippen molar-refractivity contribution in [3.8, 4) is 22.4 Å². The Labute approximate surface area is 185 Å². The first kappa shape index (κ1) is 18.8. The van der Waals surface area contributed by atoms with Crippen molar-refractivity contribution in [3.05, 3.63) is 78.6 Å². The number of benzene rings is 3. The van der Waals surface area contributed by atoms with E-state index in [0.717, 1.165) is 56.0 Å². The molecule has 3 aromatic carbocycles. The van der Waals surface area contributed by atoms with Crippen molar-refractivity contribution in [2.75, 3.05) is 0 Å². The summed E-state index contributed by atoms with van der Waals surface area (Å²) in [5.74, 6) is 2.31. The van der Waals surface area contributed by atoms with Crippen molar-refractivity contribution in [3.63, 3.8) is 0 Å². The van der Waals surface area contributed by atoms with E-state index in [1.54, 1.807) is 0 Å². The van der Waals surface area contributed by atoms with Gasteiger partial charge in [0.2, 0.25) is 0 Å². The van der Waals surface area contributed by atoms with Crippen LogP contribution in [-0.4, -0.2) is 24.9 Å². The third kappa shape index (κ3) is 3.05. The molecule has 2 N–H and O–H groups in total. The second-order valence-corrected chi connectivity index (χ2v) is 8.69.